The Balaban J connectivity index is 2.32. The summed E-state index contributed by atoms with van der Waals surface area (Å²) in [6, 6.07) is 4.92. The van der Waals surface area contributed by atoms with Gasteiger partial charge in [-0.1, -0.05) is 12.1 Å². The van der Waals surface area contributed by atoms with Crippen molar-refractivity contribution < 1.29 is 18.6 Å². The van der Waals surface area contributed by atoms with Crippen LogP contribution in [0.4, 0.5) is 4.39 Å². The van der Waals surface area contributed by atoms with E-state index < -0.39 is 0 Å². The fraction of sp³-hybridized carbons (Fsp3) is 0.571. The van der Waals surface area contributed by atoms with Crippen LogP contribution in [0.3, 0.4) is 0 Å². The Morgan fingerprint density at radius 3 is 2.74 bits per heavy atom. The van der Waals surface area contributed by atoms with Crippen LogP contribution in [-0.2, 0) is 16.0 Å². The molecule has 5 heteroatoms. The van der Waals surface area contributed by atoms with Crippen LogP contribution in [0.25, 0.3) is 0 Å². The lowest BCUT2D eigenvalue weighted by molar-refractivity contribution is 0.0794. The molecule has 0 spiro atoms. The van der Waals surface area contributed by atoms with Crippen molar-refractivity contribution in [3.05, 3.63) is 29.6 Å². The standard InChI is InChI=1S/C14H22FNO3/c1-16-11-12-5-3-6-13(15)14(12)19-10-9-18-8-4-7-17-2/h3,5-6,16H,4,7-11H2,1-2H3. The second-order valence-corrected chi connectivity index (χ2v) is 4.07. The molecule has 4 nitrogen and oxygen atoms in total. The Labute approximate surface area is 113 Å². The van der Waals surface area contributed by atoms with E-state index in [1.165, 1.54) is 6.07 Å². The van der Waals surface area contributed by atoms with E-state index in [1.54, 1.807) is 13.2 Å². The Morgan fingerprint density at radius 2 is 2.00 bits per heavy atom. The Hall–Kier alpha value is -1.17. The van der Waals surface area contributed by atoms with Crippen molar-refractivity contribution in [2.24, 2.45) is 0 Å². The lowest BCUT2D eigenvalue weighted by atomic mass is 10.2. The highest BCUT2D eigenvalue weighted by Crippen LogP contribution is 2.22. The van der Waals surface area contributed by atoms with E-state index in [0.29, 0.717) is 38.7 Å². The van der Waals surface area contributed by atoms with Gasteiger partial charge in [0.1, 0.15) is 6.61 Å². The van der Waals surface area contributed by atoms with Gasteiger partial charge in [0.15, 0.2) is 11.6 Å². The van der Waals surface area contributed by atoms with Crippen LogP contribution >= 0.6 is 0 Å². The molecule has 19 heavy (non-hydrogen) atoms. The third-order valence-electron chi connectivity index (χ3n) is 2.53. The van der Waals surface area contributed by atoms with Gasteiger partial charge in [-0.05, 0) is 19.5 Å². The summed E-state index contributed by atoms with van der Waals surface area (Å²) in [6.07, 6.45) is 0.848. The fourth-order valence-corrected chi connectivity index (χ4v) is 1.65. The van der Waals surface area contributed by atoms with Crippen LogP contribution in [0.2, 0.25) is 0 Å². The molecule has 1 rings (SSSR count). The molecular weight excluding hydrogens is 249 g/mol. The van der Waals surface area contributed by atoms with E-state index >= 15 is 0 Å². The third kappa shape index (κ3) is 6.00. The van der Waals surface area contributed by atoms with Gasteiger partial charge in [0.25, 0.3) is 0 Å². The molecule has 0 atom stereocenters. The van der Waals surface area contributed by atoms with Crippen molar-refractivity contribution in [3.8, 4) is 5.75 Å². The van der Waals surface area contributed by atoms with Crippen molar-refractivity contribution in [1.29, 1.82) is 0 Å². The van der Waals surface area contributed by atoms with Crippen LogP contribution in [0, 0.1) is 5.82 Å². The molecule has 0 aliphatic carbocycles. The molecule has 0 bridgehead atoms. The van der Waals surface area contributed by atoms with Gasteiger partial charge in [0.05, 0.1) is 6.61 Å². The van der Waals surface area contributed by atoms with E-state index in [1.807, 2.05) is 13.1 Å². The lowest BCUT2D eigenvalue weighted by Gasteiger charge is -2.12. The highest BCUT2D eigenvalue weighted by molar-refractivity contribution is 5.34. The molecule has 0 fully saturated rings. The first-order valence-corrected chi connectivity index (χ1v) is 6.41. The molecule has 0 saturated heterocycles. The lowest BCUT2D eigenvalue weighted by Crippen LogP contribution is -2.12. The van der Waals surface area contributed by atoms with Crippen LogP contribution in [0.15, 0.2) is 18.2 Å². The Kier molecular flexibility index (Phi) is 8.13. The molecule has 0 amide bonds. The van der Waals surface area contributed by atoms with E-state index in [-0.39, 0.29) is 5.82 Å². The second kappa shape index (κ2) is 9.72. The van der Waals surface area contributed by atoms with E-state index in [0.717, 1.165) is 12.0 Å². The molecule has 1 aromatic rings. The predicted octanol–water partition coefficient (Wildman–Crippen LogP) is 1.98. The van der Waals surface area contributed by atoms with Gasteiger partial charge < -0.3 is 19.5 Å². The summed E-state index contributed by atoms with van der Waals surface area (Å²) >= 11 is 0. The molecule has 108 valence electrons. The molecule has 0 unspecified atom stereocenters. The largest absolute Gasteiger partial charge is 0.488 e. The van der Waals surface area contributed by atoms with E-state index in [4.69, 9.17) is 14.2 Å². The summed E-state index contributed by atoms with van der Waals surface area (Å²) in [5.74, 6) is -0.0375. The van der Waals surface area contributed by atoms with Crippen molar-refractivity contribution >= 4 is 0 Å². The van der Waals surface area contributed by atoms with E-state index in [2.05, 4.69) is 5.32 Å². The van der Waals surface area contributed by atoms with Crippen molar-refractivity contribution in [1.82, 2.24) is 5.32 Å². The van der Waals surface area contributed by atoms with Crippen LogP contribution in [0.5, 0.6) is 5.75 Å². The van der Waals surface area contributed by atoms with Gasteiger partial charge in [-0.15, -0.1) is 0 Å². The first kappa shape index (κ1) is 15.9. The highest BCUT2D eigenvalue weighted by atomic mass is 19.1. The SMILES string of the molecule is CNCc1cccc(F)c1OCCOCCCOC. The maximum absolute atomic E-state index is 13.6. The minimum absolute atomic E-state index is 0.303. The number of halogens is 1. The molecule has 0 aliphatic heterocycles. The van der Waals surface area contributed by atoms with Gasteiger partial charge in [0.2, 0.25) is 0 Å². The number of ether oxygens (including phenoxy) is 3. The molecule has 1 aromatic carbocycles. The third-order valence-corrected chi connectivity index (χ3v) is 2.53. The zero-order chi connectivity index (χ0) is 13.9. The molecule has 1 N–H and O–H groups in total. The topological polar surface area (TPSA) is 39.7 Å². The minimum atomic E-state index is -0.341. The number of methoxy groups -OCH3 is 1. The zero-order valence-electron chi connectivity index (χ0n) is 11.6. The van der Waals surface area contributed by atoms with E-state index in [9.17, 15) is 4.39 Å². The minimum Gasteiger partial charge on any atom is -0.488 e. The quantitative estimate of drug-likeness (QED) is 0.661. The summed E-state index contributed by atoms with van der Waals surface area (Å²) in [5.41, 5.74) is 0.807. The number of nitrogens with one attached hydrogen (secondary N) is 1. The van der Waals surface area contributed by atoms with Crippen LogP contribution in [0.1, 0.15) is 12.0 Å². The second-order valence-electron chi connectivity index (χ2n) is 4.07. The van der Waals surface area contributed by atoms with Gasteiger partial charge in [-0.25, -0.2) is 4.39 Å². The summed E-state index contributed by atoms with van der Waals surface area (Å²) in [4.78, 5) is 0. The van der Waals surface area contributed by atoms with Gasteiger partial charge >= 0.3 is 0 Å². The maximum Gasteiger partial charge on any atom is 0.165 e. The summed E-state index contributed by atoms with van der Waals surface area (Å²) in [5, 5.41) is 2.98. The number of hydrogen-bond acceptors (Lipinski definition) is 4. The summed E-state index contributed by atoms with van der Waals surface area (Å²) < 4.78 is 29.4. The van der Waals surface area contributed by atoms with Crippen molar-refractivity contribution in [2.45, 2.75) is 13.0 Å². The fourth-order valence-electron chi connectivity index (χ4n) is 1.65. The molecule has 0 radical (unpaired) electrons. The predicted molar refractivity (Wildman–Crippen MR) is 72.0 cm³/mol. The first-order chi connectivity index (χ1) is 9.29. The van der Waals surface area contributed by atoms with Crippen LogP contribution in [-0.4, -0.2) is 40.6 Å². The number of hydrogen-bond donors (Lipinski definition) is 1. The Morgan fingerprint density at radius 1 is 1.16 bits per heavy atom. The van der Waals surface area contributed by atoms with Gasteiger partial charge in [0, 0.05) is 32.4 Å². The van der Waals surface area contributed by atoms with Crippen LogP contribution < -0.4 is 10.1 Å². The average molecular weight is 271 g/mol. The summed E-state index contributed by atoms with van der Waals surface area (Å²) in [7, 11) is 3.47. The first-order valence-electron chi connectivity index (χ1n) is 6.41. The summed E-state index contributed by atoms with van der Waals surface area (Å²) in [6.45, 7) is 2.65. The molecule has 0 aliphatic rings. The maximum atomic E-state index is 13.6. The Bertz CT molecular complexity index is 361. The molecule has 0 saturated carbocycles. The molecule has 0 heterocycles. The monoisotopic (exact) mass is 271 g/mol. The van der Waals surface area contributed by atoms with Gasteiger partial charge in [-0.2, -0.15) is 0 Å². The number of rotatable bonds is 10. The van der Waals surface area contributed by atoms with Crippen molar-refractivity contribution in [3.63, 3.8) is 0 Å². The zero-order valence-corrected chi connectivity index (χ0v) is 11.6. The number of para-hydroxylation sites is 1. The number of benzene rings is 1. The molecular formula is C14H22FNO3. The normalized spacial score (nSPS) is 10.7. The highest BCUT2D eigenvalue weighted by Gasteiger charge is 2.08. The molecule has 0 aromatic heterocycles. The smallest absolute Gasteiger partial charge is 0.165 e. The van der Waals surface area contributed by atoms with Gasteiger partial charge in [-0.3, -0.25) is 0 Å². The van der Waals surface area contributed by atoms with Crippen molar-refractivity contribution in [2.75, 3.05) is 40.6 Å². The average Bonchev–Trinajstić information content (AvgIpc) is 2.41.